The molecule has 0 radical (unpaired) electrons. The minimum absolute atomic E-state index is 0.0823. The third-order valence-corrected chi connectivity index (χ3v) is 5.00. The third kappa shape index (κ3) is 3.43. The smallest absolute Gasteiger partial charge is 0.237 e. The van der Waals surface area contributed by atoms with Crippen LogP contribution in [0.4, 0.5) is 0 Å². The number of hydrogen-bond donors (Lipinski definition) is 0. The predicted octanol–water partition coefficient (Wildman–Crippen LogP) is 5.45. The highest BCUT2D eigenvalue weighted by Crippen LogP contribution is 2.36. The second kappa shape index (κ2) is 6.88. The lowest BCUT2D eigenvalue weighted by molar-refractivity contribution is 0.327. The van der Waals surface area contributed by atoms with Gasteiger partial charge >= 0.3 is 0 Å². The Labute approximate surface area is 170 Å². The maximum atomic E-state index is 9.50. The van der Waals surface area contributed by atoms with Crippen molar-refractivity contribution in [2.45, 2.75) is 27.3 Å². The molecule has 0 amide bonds. The van der Waals surface area contributed by atoms with Crippen LogP contribution in [0, 0.1) is 16.7 Å². The average Bonchev–Trinajstić information content (AvgIpc) is 3.05. The fourth-order valence-electron chi connectivity index (χ4n) is 2.99. The number of nitriles is 1. The molecule has 0 aliphatic rings. The Kier molecular flexibility index (Phi) is 4.52. The van der Waals surface area contributed by atoms with E-state index in [1.54, 1.807) is 6.07 Å². The van der Waals surface area contributed by atoms with Gasteiger partial charge in [-0.25, -0.2) is 9.67 Å². The zero-order valence-electron chi connectivity index (χ0n) is 15.8. The molecular formula is C21H18BrN5O. The number of halogens is 1. The molecule has 2 heterocycles. The van der Waals surface area contributed by atoms with Crippen LogP contribution in [0.15, 0.2) is 46.9 Å². The van der Waals surface area contributed by atoms with E-state index >= 15 is 0 Å². The molecule has 0 atom stereocenters. The highest BCUT2D eigenvalue weighted by molar-refractivity contribution is 9.10. The molecule has 7 heteroatoms. The number of ether oxygens (including phenoxy) is 1. The Morgan fingerprint density at radius 3 is 2.71 bits per heavy atom. The molecule has 140 valence electrons. The molecule has 0 bridgehead atoms. The summed E-state index contributed by atoms with van der Waals surface area (Å²) in [5, 5.41) is 19.0. The van der Waals surface area contributed by atoms with Crippen LogP contribution in [0.2, 0.25) is 0 Å². The maximum absolute atomic E-state index is 9.50. The highest BCUT2D eigenvalue weighted by Gasteiger charge is 2.19. The second-order valence-electron chi connectivity index (χ2n) is 7.80. The topological polar surface area (TPSA) is 76.6 Å². The summed E-state index contributed by atoms with van der Waals surface area (Å²) in [5.41, 5.74) is 2.85. The van der Waals surface area contributed by atoms with Crippen LogP contribution in [-0.2, 0) is 6.54 Å². The van der Waals surface area contributed by atoms with Gasteiger partial charge in [0.1, 0.15) is 22.9 Å². The normalized spacial score (nSPS) is 11.7. The van der Waals surface area contributed by atoms with E-state index in [0.717, 1.165) is 23.0 Å². The Morgan fingerprint density at radius 2 is 1.96 bits per heavy atom. The van der Waals surface area contributed by atoms with E-state index in [2.05, 4.69) is 58.1 Å². The average molecular weight is 436 g/mol. The quantitative estimate of drug-likeness (QED) is 0.427. The minimum atomic E-state index is 0.0823. The van der Waals surface area contributed by atoms with Gasteiger partial charge in [-0.15, -0.1) is 5.10 Å². The van der Waals surface area contributed by atoms with Gasteiger partial charge in [-0.3, -0.25) is 0 Å². The number of rotatable bonds is 3. The van der Waals surface area contributed by atoms with Crippen LogP contribution in [0.5, 0.6) is 11.6 Å². The SMILES string of the molecule is CC(C)(C)Cn1nnc2c(Br)c(Oc3nc4ccccc4cc3C#N)ccc21. The van der Waals surface area contributed by atoms with Gasteiger partial charge in [0.15, 0.2) is 0 Å². The van der Waals surface area contributed by atoms with Gasteiger partial charge in [-0.1, -0.05) is 44.2 Å². The predicted molar refractivity (Wildman–Crippen MR) is 111 cm³/mol. The van der Waals surface area contributed by atoms with E-state index in [-0.39, 0.29) is 11.3 Å². The lowest BCUT2D eigenvalue weighted by atomic mass is 9.97. The monoisotopic (exact) mass is 435 g/mol. The van der Waals surface area contributed by atoms with Crippen LogP contribution in [0.25, 0.3) is 21.9 Å². The van der Waals surface area contributed by atoms with Gasteiger partial charge < -0.3 is 4.74 Å². The standard InChI is InChI=1S/C21H18BrN5O/c1-21(2,3)12-27-16-8-9-17(18(22)19(16)25-26-27)28-20-14(11-23)10-13-6-4-5-7-15(13)24-20/h4-10H,12H2,1-3H3. The number of fused-ring (bicyclic) bond motifs is 2. The summed E-state index contributed by atoms with van der Waals surface area (Å²) in [6.45, 7) is 7.21. The largest absolute Gasteiger partial charge is 0.436 e. The first-order chi connectivity index (χ1) is 13.4. The van der Waals surface area contributed by atoms with Crippen LogP contribution in [-0.4, -0.2) is 20.0 Å². The molecule has 2 aromatic carbocycles. The summed E-state index contributed by atoms with van der Waals surface area (Å²) >= 11 is 3.58. The number of hydrogen-bond acceptors (Lipinski definition) is 5. The molecule has 0 saturated carbocycles. The minimum Gasteiger partial charge on any atom is -0.436 e. The van der Waals surface area contributed by atoms with Gasteiger partial charge in [0.05, 0.1) is 15.5 Å². The number of para-hydroxylation sites is 1. The second-order valence-corrected chi connectivity index (χ2v) is 8.59. The molecule has 0 saturated heterocycles. The van der Waals surface area contributed by atoms with Crippen molar-refractivity contribution in [1.82, 2.24) is 20.0 Å². The van der Waals surface area contributed by atoms with Crippen molar-refractivity contribution in [2.75, 3.05) is 0 Å². The first-order valence-electron chi connectivity index (χ1n) is 8.85. The van der Waals surface area contributed by atoms with E-state index in [4.69, 9.17) is 4.74 Å². The van der Waals surface area contributed by atoms with E-state index in [1.165, 1.54) is 0 Å². The number of nitrogens with zero attached hydrogens (tertiary/aromatic N) is 5. The Bertz CT molecular complexity index is 1230. The summed E-state index contributed by atoms with van der Waals surface area (Å²) in [5.74, 6) is 0.804. The van der Waals surface area contributed by atoms with Crippen molar-refractivity contribution in [1.29, 1.82) is 5.26 Å². The first kappa shape index (κ1) is 18.4. The zero-order chi connectivity index (χ0) is 19.9. The highest BCUT2D eigenvalue weighted by atomic mass is 79.9. The van der Waals surface area contributed by atoms with Crippen molar-refractivity contribution < 1.29 is 4.74 Å². The Morgan fingerprint density at radius 1 is 1.18 bits per heavy atom. The van der Waals surface area contributed by atoms with E-state index in [1.807, 2.05) is 41.1 Å². The van der Waals surface area contributed by atoms with Crippen molar-refractivity contribution in [2.24, 2.45) is 5.41 Å². The molecular weight excluding hydrogens is 418 g/mol. The van der Waals surface area contributed by atoms with Crippen molar-refractivity contribution in [3.63, 3.8) is 0 Å². The van der Waals surface area contributed by atoms with Crippen molar-refractivity contribution in [3.05, 3.63) is 52.5 Å². The summed E-state index contributed by atoms with van der Waals surface area (Å²) < 4.78 is 8.57. The maximum Gasteiger partial charge on any atom is 0.237 e. The van der Waals surface area contributed by atoms with Gasteiger partial charge in [-0.2, -0.15) is 5.26 Å². The number of benzene rings is 2. The Balaban J connectivity index is 1.76. The van der Waals surface area contributed by atoms with E-state index < -0.39 is 0 Å². The molecule has 0 fully saturated rings. The van der Waals surface area contributed by atoms with Crippen molar-refractivity contribution >= 4 is 37.9 Å². The number of aromatic nitrogens is 4. The molecule has 0 aliphatic carbocycles. The van der Waals surface area contributed by atoms with Crippen LogP contribution in [0.3, 0.4) is 0 Å². The lowest BCUT2D eigenvalue weighted by Gasteiger charge is -2.18. The van der Waals surface area contributed by atoms with Gasteiger partial charge in [0.2, 0.25) is 5.88 Å². The summed E-state index contributed by atoms with van der Waals surface area (Å²) in [6.07, 6.45) is 0. The molecule has 0 aliphatic heterocycles. The summed E-state index contributed by atoms with van der Waals surface area (Å²) in [7, 11) is 0. The third-order valence-electron chi connectivity index (χ3n) is 4.23. The fourth-order valence-corrected chi connectivity index (χ4v) is 3.49. The molecule has 0 N–H and O–H groups in total. The van der Waals surface area contributed by atoms with E-state index in [9.17, 15) is 5.26 Å². The van der Waals surface area contributed by atoms with E-state index in [0.29, 0.717) is 21.3 Å². The molecule has 2 aromatic heterocycles. The lowest BCUT2D eigenvalue weighted by Crippen LogP contribution is -2.16. The van der Waals surface area contributed by atoms with Gasteiger partial charge in [-0.05, 0) is 45.6 Å². The van der Waals surface area contributed by atoms with Crippen LogP contribution >= 0.6 is 15.9 Å². The fraction of sp³-hybridized carbons (Fsp3) is 0.238. The van der Waals surface area contributed by atoms with Crippen LogP contribution < -0.4 is 4.74 Å². The molecule has 0 spiro atoms. The molecule has 4 aromatic rings. The Hall–Kier alpha value is -2.98. The van der Waals surface area contributed by atoms with Crippen LogP contribution in [0.1, 0.15) is 26.3 Å². The van der Waals surface area contributed by atoms with Gasteiger partial charge in [0, 0.05) is 11.9 Å². The number of pyridine rings is 1. The summed E-state index contributed by atoms with van der Waals surface area (Å²) in [6, 6.07) is 15.3. The van der Waals surface area contributed by atoms with Gasteiger partial charge in [0.25, 0.3) is 0 Å². The summed E-state index contributed by atoms with van der Waals surface area (Å²) in [4.78, 5) is 4.51. The molecule has 28 heavy (non-hydrogen) atoms. The van der Waals surface area contributed by atoms with Crippen molar-refractivity contribution in [3.8, 4) is 17.7 Å². The molecule has 6 nitrogen and oxygen atoms in total. The zero-order valence-corrected chi connectivity index (χ0v) is 17.4. The molecule has 0 unspecified atom stereocenters. The molecule has 4 rings (SSSR count). The first-order valence-corrected chi connectivity index (χ1v) is 9.64.